The Hall–Kier alpha value is -1.18. The van der Waals surface area contributed by atoms with E-state index in [4.69, 9.17) is 0 Å². The van der Waals surface area contributed by atoms with Crippen LogP contribution in [0.2, 0.25) is 0 Å². The van der Waals surface area contributed by atoms with E-state index in [2.05, 4.69) is 10.3 Å². The maximum absolute atomic E-state index is 12.8. The summed E-state index contributed by atoms with van der Waals surface area (Å²) in [5.41, 5.74) is 0.560. The summed E-state index contributed by atoms with van der Waals surface area (Å²) in [6.45, 7) is 2.86. The Balaban J connectivity index is 2.38. The zero-order chi connectivity index (χ0) is 14.6. The van der Waals surface area contributed by atoms with E-state index in [-0.39, 0.29) is 17.5 Å². The first-order valence-electron chi connectivity index (χ1n) is 6.91. The third-order valence-electron chi connectivity index (χ3n) is 3.52. The fraction of sp³-hybridized carbons (Fsp3) is 0.615. The van der Waals surface area contributed by atoms with Crippen molar-refractivity contribution in [3.8, 4) is 0 Å². The zero-order valence-electron chi connectivity index (χ0n) is 11.6. The molecule has 1 unspecified atom stereocenters. The van der Waals surface area contributed by atoms with Crippen LogP contribution in [0.1, 0.15) is 26.2 Å². The highest BCUT2D eigenvalue weighted by Crippen LogP contribution is 2.28. The molecule has 2 N–H and O–H groups in total. The van der Waals surface area contributed by atoms with Gasteiger partial charge in [0, 0.05) is 31.5 Å². The van der Waals surface area contributed by atoms with Gasteiger partial charge in [0.2, 0.25) is 10.0 Å². The van der Waals surface area contributed by atoms with Gasteiger partial charge in [0.05, 0.1) is 12.3 Å². The number of nitrogens with one attached hydrogen (secondary N) is 1. The van der Waals surface area contributed by atoms with Crippen molar-refractivity contribution in [3.05, 3.63) is 18.5 Å². The van der Waals surface area contributed by atoms with E-state index in [1.807, 2.05) is 6.92 Å². The quantitative estimate of drug-likeness (QED) is 0.849. The van der Waals surface area contributed by atoms with Gasteiger partial charge in [-0.2, -0.15) is 4.31 Å². The van der Waals surface area contributed by atoms with Gasteiger partial charge in [-0.1, -0.05) is 6.42 Å². The van der Waals surface area contributed by atoms with Crippen molar-refractivity contribution in [2.24, 2.45) is 0 Å². The molecule has 20 heavy (non-hydrogen) atoms. The summed E-state index contributed by atoms with van der Waals surface area (Å²) in [6, 6.07) is 1.33. The summed E-state index contributed by atoms with van der Waals surface area (Å²) < 4.78 is 27.0. The van der Waals surface area contributed by atoms with Crippen LogP contribution in [0.15, 0.2) is 23.4 Å². The molecule has 0 saturated carbocycles. The van der Waals surface area contributed by atoms with Crippen LogP contribution in [-0.4, -0.2) is 48.6 Å². The number of piperidine rings is 1. The van der Waals surface area contributed by atoms with E-state index in [0.29, 0.717) is 25.2 Å². The Morgan fingerprint density at radius 3 is 3.00 bits per heavy atom. The third kappa shape index (κ3) is 2.94. The number of nitrogens with zero attached hydrogens (tertiary/aromatic N) is 2. The highest BCUT2D eigenvalue weighted by atomic mass is 32.2. The molecule has 1 fully saturated rings. The van der Waals surface area contributed by atoms with E-state index >= 15 is 0 Å². The number of pyridine rings is 1. The topological polar surface area (TPSA) is 82.5 Å². The van der Waals surface area contributed by atoms with E-state index < -0.39 is 10.0 Å². The van der Waals surface area contributed by atoms with Crippen LogP contribution in [0, 0.1) is 0 Å². The van der Waals surface area contributed by atoms with E-state index in [1.165, 1.54) is 10.5 Å². The zero-order valence-corrected chi connectivity index (χ0v) is 12.4. The molecule has 2 heterocycles. The molecule has 0 bridgehead atoms. The van der Waals surface area contributed by atoms with Crippen LogP contribution >= 0.6 is 0 Å². The van der Waals surface area contributed by atoms with Crippen LogP contribution in [-0.2, 0) is 10.0 Å². The fourth-order valence-electron chi connectivity index (χ4n) is 2.52. The number of sulfonamides is 1. The lowest BCUT2D eigenvalue weighted by Crippen LogP contribution is -2.45. The van der Waals surface area contributed by atoms with Crippen molar-refractivity contribution in [2.75, 3.05) is 25.0 Å². The van der Waals surface area contributed by atoms with Gasteiger partial charge in [-0.15, -0.1) is 0 Å². The van der Waals surface area contributed by atoms with Crippen molar-refractivity contribution < 1.29 is 13.5 Å². The molecule has 1 atom stereocenters. The van der Waals surface area contributed by atoms with Gasteiger partial charge >= 0.3 is 0 Å². The van der Waals surface area contributed by atoms with E-state index in [1.54, 1.807) is 12.3 Å². The second-order valence-electron chi connectivity index (χ2n) is 4.85. The molecule has 0 radical (unpaired) electrons. The van der Waals surface area contributed by atoms with Crippen molar-refractivity contribution in [1.29, 1.82) is 0 Å². The largest absolute Gasteiger partial charge is 0.395 e. The molecule has 1 aromatic heterocycles. The number of hydrogen-bond acceptors (Lipinski definition) is 5. The first kappa shape index (κ1) is 15.2. The first-order chi connectivity index (χ1) is 9.61. The molecule has 112 valence electrons. The van der Waals surface area contributed by atoms with Gasteiger partial charge < -0.3 is 10.4 Å². The standard InChI is InChI=1S/C13H21N3O3S/c1-2-15-12-6-7-14-9-13(12)20(18,19)16-8-4-3-5-11(16)10-17/h6-7,9,11,17H,2-5,8,10H2,1H3,(H,14,15). The number of aromatic nitrogens is 1. The van der Waals surface area contributed by atoms with Crippen LogP contribution in [0.3, 0.4) is 0 Å². The van der Waals surface area contributed by atoms with Gasteiger partial charge in [-0.05, 0) is 25.8 Å². The van der Waals surface area contributed by atoms with Gasteiger partial charge in [0.25, 0.3) is 0 Å². The molecule has 0 spiro atoms. The maximum atomic E-state index is 12.8. The van der Waals surface area contributed by atoms with Crippen LogP contribution < -0.4 is 5.32 Å². The molecule has 0 aliphatic carbocycles. The molecule has 0 amide bonds. The van der Waals surface area contributed by atoms with Crippen LogP contribution in [0.25, 0.3) is 0 Å². The molecule has 1 saturated heterocycles. The lowest BCUT2D eigenvalue weighted by Gasteiger charge is -2.33. The summed E-state index contributed by atoms with van der Waals surface area (Å²) in [4.78, 5) is 4.11. The number of aliphatic hydroxyl groups is 1. The highest BCUT2D eigenvalue weighted by Gasteiger charge is 2.34. The van der Waals surface area contributed by atoms with Gasteiger partial charge in [0.1, 0.15) is 4.90 Å². The number of aliphatic hydroxyl groups excluding tert-OH is 1. The Morgan fingerprint density at radius 2 is 2.30 bits per heavy atom. The normalized spacial score (nSPS) is 20.8. The number of hydrogen-bond donors (Lipinski definition) is 2. The third-order valence-corrected chi connectivity index (χ3v) is 5.50. The van der Waals surface area contributed by atoms with Crippen LogP contribution in [0.4, 0.5) is 5.69 Å². The molecule has 6 nitrogen and oxygen atoms in total. The minimum Gasteiger partial charge on any atom is -0.395 e. The second-order valence-corrected chi connectivity index (χ2v) is 6.71. The van der Waals surface area contributed by atoms with Crippen LogP contribution in [0.5, 0.6) is 0 Å². The van der Waals surface area contributed by atoms with Crippen molar-refractivity contribution in [2.45, 2.75) is 37.1 Å². The Kier molecular flexibility index (Phi) is 4.95. The average molecular weight is 299 g/mol. The molecular formula is C13H21N3O3S. The smallest absolute Gasteiger partial charge is 0.247 e. The van der Waals surface area contributed by atoms with Crippen molar-refractivity contribution >= 4 is 15.7 Å². The summed E-state index contributed by atoms with van der Waals surface area (Å²) >= 11 is 0. The summed E-state index contributed by atoms with van der Waals surface area (Å²) in [6.07, 6.45) is 5.41. The number of anilines is 1. The Bertz CT molecular complexity index is 548. The fourth-order valence-corrected chi connectivity index (χ4v) is 4.32. The van der Waals surface area contributed by atoms with E-state index in [0.717, 1.165) is 12.8 Å². The lowest BCUT2D eigenvalue weighted by molar-refractivity contribution is 0.155. The first-order valence-corrected chi connectivity index (χ1v) is 8.35. The van der Waals surface area contributed by atoms with Gasteiger partial charge in [0.15, 0.2) is 0 Å². The lowest BCUT2D eigenvalue weighted by atomic mass is 10.1. The average Bonchev–Trinajstić information content (AvgIpc) is 2.48. The van der Waals surface area contributed by atoms with Gasteiger partial charge in [-0.3, -0.25) is 4.98 Å². The number of rotatable bonds is 5. The Labute approximate surface area is 119 Å². The molecule has 1 aromatic rings. The monoisotopic (exact) mass is 299 g/mol. The van der Waals surface area contributed by atoms with Crippen molar-refractivity contribution in [1.82, 2.24) is 9.29 Å². The molecule has 2 rings (SSSR count). The molecule has 7 heteroatoms. The maximum Gasteiger partial charge on any atom is 0.247 e. The van der Waals surface area contributed by atoms with Crippen molar-refractivity contribution in [3.63, 3.8) is 0 Å². The summed E-state index contributed by atoms with van der Waals surface area (Å²) in [5.74, 6) is 0. The summed E-state index contributed by atoms with van der Waals surface area (Å²) in [7, 11) is -3.63. The second kappa shape index (κ2) is 6.51. The molecular weight excluding hydrogens is 278 g/mol. The summed E-state index contributed by atoms with van der Waals surface area (Å²) in [5, 5.41) is 12.5. The molecule has 0 aromatic carbocycles. The van der Waals surface area contributed by atoms with E-state index in [9.17, 15) is 13.5 Å². The molecule has 1 aliphatic heterocycles. The minimum atomic E-state index is -3.63. The highest BCUT2D eigenvalue weighted by molar-refractivity contribution is 7.89. The SMILES string of the molecule is CCNc1ccncc1S(=O)(=O)N1CCCCC1CO. The molecule has 1 aliphatic rings. The predicted octanol–water partition coefficient (Wildman–Crippen LogP) is 1.05. The predicted molar refractivity (Wildman–Crippen MR) is 77.0 cm³/mol. The Morgan fingerprint density at radius 1 is 1.50 bits per heavy atom. The van der Waals surface area contributed by atoms with Gasteiger partial charge in [-0.25, -0.2) is 8.42 Å². The minimum absolute atomic E-state index is 0.143.